The third-order valence-corrected chi connectivity index (χ3v) is 3.26. The van der Waals surface area contributed by atoms with Gasteiger partial charge < -0.3 is 15.4 Å². The van der Waals surface area contributed by atoms with E-state index in [0.29, 0.717) is 0 Å². The molecule has 0 unspecified atom stereocenters. The lowest BCUT2D eigenvalue weighted by molar-refractivity contribution is -0.0945. The molecule has 1 aromatic rings. The van der Waals surface area contributed by atoms with E-state index in [-0.39, 0.29) is 29.4 Å². The summed E-state index contributed by atoms with van der Waals surface area (Å²) in [5.74, 6) is 0.872. The van der Waals surface area contributed by atoms with Gasteiger partial charge in [-0.2, -0.15) is 0 Å². The summed E-state index contributed by atoms with van der Waals surface area (Å²) in [6.45, 7) is 8.39. The fourth-order valence-corrected chi connectivity index (χ4v) is 2.01. The van der Waals surface area contributed by atoms with Crippen molar-refractivity contribution < 1.29 is 4.74 Å². The van der Waals surface area contributed by atoms with Gasteiger partial charge in [-0.05, 0) is 19.1 Å². The van der Waals surface area contributed by atoms with Crippen LogP contribution >= 0.6 is 24.0 Å². The molecule has 1 aliphatic rings. The number of pyridine rings is 1. The van der Waals surface area contributed by atoms with Crippen LogP contribution < -0.4 is 10.6 Å². The zero-order chi connectivity index (χ0) is 14.3. The number of aliphatic imine (C=N–C) groups is 1. The molecule has 0 spiro atoms. The van der Waals surface area contributed by atoms with E-state index >= 15 is 0 Å². The SMILES string of the molecule is CCNC(=NCC1(C)COC1)NCCc1ccccn1.I. The number of rotatable bonds is 6. The van der Waals surface area contributed by atoms with Gasteiger partial charge in [0.1, 0.15) is 0 Å². The fourth-order valence-electron chi connectivity index (χ4n) is 2.01. The highest BCUT2D eigenvalue weighted by atomic mass is 127. The van der Waals surface area contributed by atoms with Crippen LogP contribution in [0.1, 0.15) is 19.5 Å². The Hall–Kier alpha value is -0.890. The number of ether oxygens (including phenoxy) is 1. The van der Waals surface area contributed by atoms with Gasteiger partial charge in [-0.25, -0.2) is 0 Å². The molecule has 1 saturated heterocycles. The molecule has 118 valence electrons. The summed E-state index contributed by atoms with van der Waals surface area (Å²) >= 11 is 0. The van der Waals surface area contributed by atoms with E-state index in [4.69, 9.17) is 4.74 Å². The number of nitrogens with zero attached hydrogens (tertiary/aromatic N) is 2. The van der Waals surface area contributed by atoms with Crippen molar-refractivity contribution in [2.75, 3.05) is 32.8 Å². The summed E-state index contributed by atoms with van der Waals surface area (Å²) in [5.41, 5.74) is 1.30. The van der Waals surface area contributed by atoms with Gasteiger partial charge in [0.15, 0.2) is 5.96 Å². The van der Waals surface area contributed by atoms with Gasteiger partial charge >= 0.3 is 0 Å². The van der Waals surface area contributed by atoms with Crippen molar-refractivity contribution in [3.63, 3.8) is 0 Å². The molecule has 0 amide bonds. The van der Waals surface area contributed by atoms with Gasteiger partial charge in [-0.15, -0.1) is 24.0 Å². The molecule has 2 heterocycles. The Labute approximate surface area is 144 Å². The van der Waals surface area contributed by atoms with E-state index in [2.05, 4.69) is 34.5 Å². The third kappa shape index (κ3) is 6.17. The third-order valence-electron chi connectivity index (χ3n) is 3.26. The Balaban J connectivity index is 0.00000220. The predicted molar refractivity (Wildman–Crippen MR) is 96.3 cm³/mol. The second-order valence-electron chi connectivity index (χ2n) is 5.50. The van der Waals surface area contributed by atoms with E-state index in [9.17, 15) is 0 Å². The topological polar surface area (TPSA) is 58.5 Å². The van der Waals surface area contributed by atoms with Crippen molar-refractivity contribution in [1.29, 1.82) is 0 Å². The van der Waals surface area contributed by atoms with E-state index in [1.165, 1.54) is 0 Å². The molecule has 0 saturated carbocycles. The van der Waals surface area contributed by atoms with Crippen molar-refractivity contribution >= 4 is 29.9 Å². The number of nitrogens with one attached hydrogen (secondary N) is 2. The normalized spacial score (nSPS) is 16.6. The van der Waals surface area contributed by atoms with Crippen LogP contribution in [0.5, 0.6) is 0 Å². The average molecular weight is 404 g/mol. The zero-order valence-electron chi connectivity index (χ0n) is 12.8. The summed E-state index contributed by atoms with van der Waals surface area (Å²) in [4.78, 5) is 8.94. The zero-order valence-corrected chi connectivity index (χ0v) is 15.1. The molecule has 0 aliphatic carbocycles. The van der Waals surface area contributed by atoms with Crippen LogP contribution in [-0.2, 0) is 11.2 Å². The molecular formula is C15H25IN4O. The molecule has 6 heteroatoms. The lowest BCUT2D eigenvalue weighted by Gasteiger charge is -2.36. The number of guanidine groups is 1. The van der Waals surface area contributed by atoms with Crippen LogP contribution in [0.3, 0.4) is 0 Å². The van der Waals surface area contributed by atoms with Gasteiger partial charge in [0, 0.05) is 36.8 Å². The van der Waals surface area contributed by atoms with Crippen LogP contribution in [0.4, 0.5) is 0 Å². The highest BCUT2D eigenvalue weighted by Gasteiger charge is 2.33. The van der Waals surface area contributed by atoms with Gasteiger partial charge in [-0.3, -0.25) is 9.98 Å². The van der Waals surface area contributed by atoms with Gasteiger partial charge in [-0.1, -0.05) is 13.0 Å². The maximum atomic E-state index is 5.25. The largest absolute Gasteiger partial charge is 0.380 e. The first kappa shape index (κ1) is 18.2. The molecule has 1 aromatic heterocycles. The van der Waals surface area contributed by atoms with Gasteiger partial charge in [0.2, 0.25) is 0 Å². The highest BCUT2D eigenvalue weighted by Crippen LogP contribution is 2.26. The van der Waals surface area contributed by atoms with Crippen LogP contribution in [0, 0.1) is 5.41 Å². The molecule has 0 radical (unpaired) electrons. The Kier molecular flexibility index (Phi) is 7.95. The molecule has 1 aliphatic heterocycles. The van der Waals surface area contributed by atoms with Crippen molar-refractivity contribution in [1.82, 2.24) is 15.6 Å². The molecule has 5 nitrogen and oxygen atoms in total. The first-order valence-electron chi connectivity index (χ1n) is 7.22. The van der Waals surface area contributed by atoms with Gasteiger partial charge in [0.05, 0.1) is 19.8 Å². The number of hydrogen-bond donors (Lipinski definition) is 2. The second-order valence-corrected chi connectivity index (χ2v) is 5.50. The van der Waals surface area contributed by atoms with E-state index in [1.807, 2.05) is 24.4 Å². The summed E-state index contributed by atoms with van der Waals surface area (Å²) in [6.07, 6.45) is 2.72. The number of aromatic nitrogens is 1. The quantitative estimate of drug-likeness (QED) is 0.432. The van der Waals surface area contributed by atoms with Gasteiger partial charge in [0.25, 0.3) is 0 Å². The molecule has 0 aromatic carbocycles. The minimum atomic E-state index is 0. The maximum absolute atomic E-state index is 5.25. The Morgan fingerprint density at radius 1 is 1.38 bits per heavy atom. The van der Waals surface area contributed by atoms with Crippen molar-refractivity contribution in [2.45, 2.75) is 20.3 Å². The van der Waals surface area contributed by atoms with E-state index < -0.39 is 0 Å². The summed E-state index contributed by atoms with van der Waals surface area (Å²) < 4.78 is 5.25. The van der Waals surface area contributed by atoms with Crippen molar-refractivity contribution in [3.05, 3.63) is 30.1 Å². The minimum Gasteiger partial charge on any atom is -0.380 e. The fraction of sp³-hybridized carbons (Fsp3) is 0.600. The monoisotopic (exact) mass is 404 g/mol. The minimum absolute atomic E-state index is 0. The molecule has 0 atom stereocenters. The van der Waals surface area contributed by atoms with Crippen LogP contribution in [0.25, 0.3) is 0 Å². The van der Waals surface area contributed by atoms with E-state index in [1.54, 1.807) is 0 Å². The van der Waals surface area contributed by atoms with Crippen molar-refractivity contribution in [3.8, 4) is 0 Å². The second kappa shape index (κ2) is 9.19. The van der Waals surface area contributed by atoms with Crippen LogP contribution in [0.15, 0.2) is 29.4 Å². The number of halogens is 1. The highest BCUT2D eigenvalue weighted by molar-refractivity contribution is 14.0. The maximum Gasteiger partial charge on any atom is 0.191 e. The molecule has 2 N–H and O–H groups in total. The number of hydrogen-bond acceptors (Lipinski definition) is 3. The molecule has 1 fully saturated rings. The predicted octanol–water partition coefficient (Wildman–Crippen LogP) is 1.83. The average Bonchev–Trinajstić information content (AvgIpc) is 2.44. The first-order chi connectivity index (χ1) is 9.72. The van der Waals surface area contributed by atoms with Crippen LogP contribution in [0.2, 0.25) is 0 Å². The molecule has 2 rings (SSSR count). The standard InChI is InChI=1S/C15H24N4O.HI/c1-3-16-14(19-10-15(2)11-20-12-15)18-9-7-13-6-4-5-8-17-13;/h4-6,8H,3,7,9-12H2,1-2H3,(H2,16,18,19);1H. The summed E-state index contributed by atoms with van der Waals surface area (Å²) in [6, 6.07) is 5.99. The van der Waals surface area contributed by atoms with Crippen LogP contribution in [-0.4, -0.2) is 43.8 Å². The Morgan fingerprint density at radius 2 is 2.19 bits per heavy atom. The van der Waals surface area contributed by atoms with Crippen molar-refractivity contribution in [2.24, 2.45) is 10.4 Å². The Morgan fingerprint density at radius 3 is 2.76 bits per heavy atom. The van der Waals surface area contributed by atoms with E-state index in [0.717, 1.165) is 50.9 Å². The smallest absolute Gasteiger partial charge is 0.191 e. The molecule has 0 bridgehead atoms. The molecular weight excluding hydrogens is 379 g/mol. The Bertz CT molecular complexity index is 435. The summed E-state index contributed by atoms with van der Waals surface area (Å²) in [5, 5.41) is 6.62. The summed E-state index contributed by atoms with van der Waals surface area (Å²) in [7, 11) is 0. The first-order valence-corrected chi connectivity index (χ1v) is 7.22. The lowest BCUT2D eigenvalue weighted by Crippen LogP contribution is -2.44. The molecule has 21 heavy (non-hydrogen) atoms. The lowest BCUT2D eigenvalue weighted by atomic mass is 9.89.